The van der Waals surface area contributed by atoms with Gasteiger partial charge in [-0.3, -0.25) is 0 Å². The van der Waals surface area contributed by atoms with E-state index in [9.17, 15) is 48.3 Å². The van der Waals surface area contributed by atoms with Crippen LogP contribution in [-0.4, -0.2) is 36.7 Å². The summed E-state index contributed by atoms with van der Waals surface area (Å²) in [6, 6.07) is 0. The second kappa shape index (κ2) is 5.04. The molecular weight excluding hydrogens is 321 g/mol. The molecule has 0 saturated carbocycles. The van der Waals surface area contributed by atoms with E-state index >= 15 is 0 Å². The largest absolute Gasteiger partial charge is 0.460 e. The highest BCUT2D eigenvalue weighted by Crippen LogP contribution is 2.57. The molecule has 0 spiro atoms. The van der Waals surface area contributed by atoms with Crippen LogP contribution < -0.4 is 0 Å². The third-order valence-corrected chi connectivity index (χ3v) is 1.89. The lowest BCUT2D eigenvalue weighted by molar-refractivity contribution is -0.455. The standard InChI is InChI=1S/C8H5F11O/c1-2-3-20-8(18,19)6(13,14)4(9,10)5(11,12)7(15,16)17/h2H,1,3H2. The molecule has 0 unspecified atom stereocenters. The Balaban J connectivity index is 5.73. The summed E-state index contributed by atoms with van der Waals surface area (Å²) in [6.45, 7) is 1.19. The van der Waals surface area contributed by atoms with Gasteiger partial charge in [0.2, 0.25) is 0 Å². The maximum atomic E-state index is 12.7. The molecule has 0 heterocycles. The molecule has 0 amide bonds. The first-order chi connectivity index (χ1) is 8.56. The Bertz CT molecular complexity index is 356. The van der Waals surface area contributed by atoms with Crippen LogP contribution in [0.5, 0.6) is 0 Å². The summed E-state index contributed by atoms with van der Waals surface area (Å²) in [5, 5.41) is 0. The Hall–Kier alpha value is -1.07. The van der Waals surface area contributed by atoms with Crippen LogP contribution in [0.15, 0.2) is 12.7 Å². The summed E-state index contributed by atoms with van der Waals surface area (Å²) in [7, 11) is 0. The van der Waals surface area contributed by atoms with Gasteiger partial charge in [-0.05, 0) is 0 Å². The van der Waals surface area contributed by atoms with Crippen molar-refractivity contribution in [1.29, 1.82) is 0 Å². The van der Waals surface area contributed by atoms with Crippen LogP contribution >= 0.6 is 0 Å². The number of halogens is 11. The van der Waals surface area contributed by atoms with Crippen molar-refractivity contribution in [3.8, 4) is 0 Å². The average molecular weight is 326 g/mol. The highest BCUT2D eigenvalue weighted by Gasteiger charge is 2.87. The van der Waals surface area contributed by atoms with Crippen molar-refractivity contribution < 1.29 is 53.0 Å². The van der Waals surface area contributed by atoms with Crippen molar-refractivity contribution >= 4 is 0 Å². The fourth-order valence-electron chi connectivity index (χ4n) is 0.812. The van der Waals surface area contributed by atoms with Crippen LogP contribution in [0.4, 0.5) is 48.3 Å². The Labute approximate surface area is 104 Å². The maximum Gasteiger partial charge on any atom is 0.460 e. The van der Waals surface area contributed by atoms with E-state index in [4.69, 9.17) is 0 Å². The lowest BCUT2D eigenvalue weighted by Gasteiger charge is -2.36. The molecule has 0 N–H and O–H groups in total. The topological polar surface area (TPSA) is 9.23 Å². The first-order valence-corrected chi connectivity index (χ1v) is 4.39. The highest BCUT2D eigenvalue weighted by molar-refractivity contribution is 5.03. The molecule has 0 radical (unpaired) electrons. The minimum atomic E-state index is -7.44. The summed E-state index contributed by atoms with van der Waals surface area (Å²) < 4.78 is 138. The maximum absolute atomic E-state index is 12.7. The summed E-state index contributed by atoms with van der Waals surface area (Å²) in [6.07, 6.45) is -13.1. The zero-order valence-corrected chi connectivity index (χ0v) is 9.06. The minimum Gasteiger partial charge on any atom is -0.311 e. The van der Waals surface area contributed by atoms with Crippen LogP contribution in [0.1, 0.15) is 0 Å². The third-order valence-electron chi connectivity index (χ3n) is 1.89. The molecule has 0 aromatic carbocycles. The van der Waals surface area contributed by atoms with Gasteiger partial charge in [0, 0.05) is 0 Å². The number of hydrogen-bond donors (Lipinski definition) is 0. The van der Waals surface area contributed by atoms with Crippen molar-refractivity contribution in [2.45, 2.75) is 30.1 Å². The van der Waals surface area contributed by atoms with Crippen molar-refractivity contribution in [3.63, 3.8) is 0 Å². The summed E-state index contributed by atoms with van der Waals surface area (Å²) in [5.41, 5.74) is 0. The van der Waals surface area contributed by atoms with E-state index in [1.165, 1.54) is 0 Å². The summed E-state index contributed by atoms with van der Waals surface area (Å²) >= 11 is 0. The molecule has 12 heteroatoms. The van der Waals surface area contributed by atoms with Gasteiger partial charge in [0.05, 0.1) is 6.61 Å². The molecule has 0 fully saturated rings. The molecule has 0 aromatic rings. The van der Waals surface area contributed by atoms with E-state index in [0.29, 0.717) is 6.08 Å². The third kappa shape index (κ3) is 2.69. The Kier molecular flexibility index (Phi) is 4.77. The molecule has 120 valence electrons. The molecule has 0 aliphatic rings. The second-order valence-corrected chi connectivity index (χ2v) is 3.34. The Morgan fingerprint density at radius 1 is 0.700 bits per heavy atom. The average Bonchev–Trinajstić information content (AvgIpc) is 2.24. The van der Waals surface area contributed by atoms with Gasteiger partial charge >= 0.3 is 30.1 Å². The lowest BCUT2D eigenvalue weighted by atomic mass is 10.0. The van der Waals surface area contributed by atoms with Gasteiger partial charge in [-0.1, -0.05) is 6.08 Å². The van der Waals surface area contributed by atoms with Crippen molar-refractivity contribution in [2.24, 2.45) is 0 Å². The zero-order valence-electron chi connectivity index (χ0n) is 9.06. The second-order valence-electron chi connectivity index (χ2n) is 3.34. The number of hydrogen-bond acceptors (Lipinski definition) is 1. The molecule has 0 bridgehead atoms. The highest BCUT2D eigenvalue weighted by atomic mass is 19.4. The molecule has 20 heavy (non-hydrogen) atoms. The molecule has 0 saturated heterocycles. The van der Waals surface area contributed by atoms with Crippen LogP contribution in [0.25, 0.3) is 0 Å². The smallest absolute Gasteiger partial charge is 0.311 e. The first kappa shape index (κ1) is 18.9. The predicted molar refractivity (Wildman–Crippen MR) is 42.0 cm³/mol. The quantitative estimate of drug-likeness (QED) is 0.524. The molecule has 0 rings (SSSR count). The van der Waals surface area contributed by atoms with E-state index in [0.717, 1.165) is 0 Å². The molecule has 0 atom stereocenters. The molecule has 0 aromatic heterocycles. The molecule has 1 nitrogen and oxygen atoms in total. The van der Waals surface area contributed by atoms with Crippen LogP contribution in [0.2, 0.25) is 0 Å². The van der Waals surface area contributed by atoms with Crippen molar-refractivity contribution in [3.05, 3.63) is 12.7 Å². The fraction of sp³-hybridized carbons (Fsp3) is 0.750. The fourth-order valence-corrected chi connectivity index (χ4v) is 0.812. The number of alkyl halides is 11. The summed E-state index contributed by atoms with van der Waals surface area (Å²) in [5.74, 6) is -22.0. The van der Waals surface area contributed by atoms with Crippen LogP contribution in [-0.2, 0) is 4.74 Å². The van der Waals surface area contributed by atoms with E-state index < -0.39 is 36.7 Å². The molecule has 0 aliphatic carbocycles. The number of ether oxygens (including phenoxy) is 1. The minimum absolute atomic E-state index is 0.365. The van der Waals surface area contributed by atoms with Crippen molar-refractivity contribution in [2.75, 3.05) is 6.61 Å². The van der Waals surface area contributed by atoms with E-state index in [1.54, 1.807) is 0 Å². The number of rotatable bonds is 6. The van der Waals surface area contributed by atoms with Crippen molar-refractivity contribution in [1.82, 2.24) is 0 Å². The normalized spacial score (nSPS) is 15.3. The zero-order chi connectivity index (χ0) is 16.6. The van der Waals surface area contributed by atoms with Gasteiger partial charge in [-0.25, -0.2) is 0 Å². The van der Waals surface area contributed by atoms with Gasteiger partial charge in [0.1, 0.15) is 0 Å². The van der Waals surface area contributed by atoms with Crippen LogP contribution in [0.3, 0.4) is 0 Å². The van der Waals surface area contributed by atoms with Gasteiger partial charge in [0.25, 0.3) is 0 Å². The van der Waals surface area contributed by atoms with E-state index in [2.05, 4.69) is 11.3 Å². The van der Waals surface area contributed by atoms with Gasteiger partial charge < -0.3 is 4.74 Å². The first-order valence-electron chi connectivity index (χ1n) is 4.39. The van der Waals surface area contributed by atoms with E-state index in [1.807, 2.05) is 0 Å². The predicted octanol–water partition coefficient (Wildman–Crippen LogP) is 4.25. The monoisotopic (exact) mass is 326 g/mol. The molecular formula is C8H5F11O. The lowest BCUT2D eigenvalue weighted by Crippen LogP contribution is -2.66. The Morgan fingerprint density at radius 2 is 1.10 bits per heavy atom. The van der Waals surface area contributed by atoms with Gasteiger partial charge in [0.15, 0.2) is 0 Å². The van der Waals surface area contributed by atoms with Gasteiger partial charge in [-0.15, -0.1) is 6.58 Å². The Morgan fingerprint density at radius 3 is 1.40 bits per heavy atom. The summed E-state index contributed by atoms with van der Waals surface area (Å²) in [4.78, 5) is 0. The van der Waals surface area contributed by atoms with E-state index in [-0.39, 0.29) is 0 Å². The molecule has 0 aliphatic heterocycles. The van der Waals surface area contributed by atoms with Crippen LogP contribution in [0, 0.1) is 0 Å². The van der Waals surface area contributed by atoms with Gasteiger partial charge in [-0.2, -0.15) is 48.3 Å². The SMILES string of the molecule is C=CCOC(F)(F)C(F)(F)C(F)(F)C(F)(F)C(F)(F)F.